The number of hydrogen-bond donors (Lipinski definition) is 2. The van der Waals surface area contributed by atoms with Crippen molar-refractivity contribution in [1.29, 1.82) is 0 Å². The van der Waals surface area contributed by atoms with Crippen molar-refractivity contribution in [3.63, 3.8) is 0 Å². The third-order valence-electron chi connectivity index (χ3n) is 3.11. The first kappa shape index (κ1) is 17.1. The highest BCUT2D eigenvalue weighted by Crippen LogP contribution is 2.27. The maximum atomic E-state index is 12.2. The van der Waals surface area contributed by atoms with Crippen LogP contribution >= 0.6 is 34.5 Å². The lowest BCUT2D eigenvalue weighted by Crippen LogP contribution is -2.11. The second kappa shape index (κ2) is 7.03. The van der Waals surface area contributed by atoms with Gasteiger partial charge < -0.3 is 5.32 Å². The monoisotopic (exact) mass is 398 g/mol. The van der Waals surface area contributed by atoms with Gasteiger partial charge in [0, 0.05) is 17.1 Å². The number of rotatable bonds is 5. The van der Waals surface area contributed by atoms with Crippen LogP contribution in [0.25, 0.3) is 0 Å². The average molecular weight is 399 g/mol. The van der Waals surface area contributed by atoms with Gasteiger partial charge in [0.2, 0.25) is 0 Å². The molecule has 0 fully saturated rings. The minimum atomic E-state index is -3.54. The summed E-state index contributed by atoms with van der Waals surface area (Å²) in [6.45, 7) is 0. The maximum Gasteiger partial charge on any atom is 0.271 e. The molecule has 0 radical (unpaired) electrons. The van der Waals surface area contributed by atoms with E-state index in [4.69, 9.17) is 23.2 Å². The zero-order chi connectivity index (χ0) is 17.2. The minimum Gasteiger partial charge on any atom is -0.355 e. The highest BCUT2D eigenvalue weighted by molar-refractivity contribution is 7.94. The van der Waals surface area contributed by atoms with Gasteiger partial charge in [-0.1, -0.05) is 29.3 Å². The third kappa shape index (κ3) is 4.02. The van der Waals surface area contributed by atoms with Gasteiger partial charge in [0.1, 0.15) is 4.21 Å². The van der Waals surface area contributed by atoms with Crippen molar-refractivity contribution >= 4 is 61.6 Å². The van der Waals surface area contributed by atoms with E-state index >= 15 is 0 Å². The van der Waals surface area contributed by atoms with Crippen LogP contribution in [0.3, 0.4) is 0 Å². The van der Waals surface area contributed by atoms with Crippen LogP contribution in [0.15, 0.2) is 64.2 Å². The predicted octanol–water partition coefficient (Wildman–Crippen LogP) is 5.60. The van der Waals surface area contributed by atoms with E-state index in [-0.39, 0.29) is 4.21 Å². The molecule has 0 saturated heterocycles. The van der Waals surface area contributed by atoms with Gasteiger partial charge >= 0.3 is 0 Å². The number of thiophene rings is 1. The van der Waals surface area contributed by atoms with Crippen LogP contribution in [-0.4, -0.2) is 8.42 Å². The Morgan fingerprint density at radius 3 is 2.12 bits per heavy atom. The quantitative estimate of drug-likeness (QED) is 0.587. The molecule has 8 heteroatoms. The Labute approximate surface area is 154 Å². The smallest absolute Gasteiger partial charge is 0.271 e. The number of halogens is 2. The first-order valence-corrected chi connectivity index (χ1v) is 9.94. The van der Waals surface area contributed by atoms with Gasteiger partial charge in [-0.3, -0.25) is 4.72 Å². The van der Waals surface area contributed by atoms with E-state index in [1.807, 2.05) is 6.07 Å². The molecular weight excluding hydrogens is 387 g/mol. The van der Waals surface area contributed by atoms with Gasteiger partial charge in [-0.2, -0.15) is 0 Å². The molecule has 0 aliphatic heterocycles. The van der Waals surface area contributed by atoms with Gasteiger partial charge in [0.25, 0.3) is 10.0 Å². The molecule has 124 valence electrons. The molecule has 24 heavy (non-hydrogen) atoms. The molecule has 3 rings (SSSR count). The predicted molar refractivity (Wildman–Crippen MR) is 101 cm³/mol. The number of nitrogens with one attached hydrogen (secondary N) is 2. The van der Waals surface area contributed by atoms with Crippen molar-refractivity contribution in [2.24, 2.45) is 0 Å². The number of sulfonamides is 1. The fraction of sp³-hybridized carbons (Fsp3) is 0. The second-order valence-corrected chi connectivity index (χ2v) is 8.54. The third-order valence-corrected chi connectivity index (χ3v) is 6.62. The fourth-order valence-electron chi connectivity index (χ4n) is 1.98. The van der Waals surface area contributed by atoms with E-state index in [2.05, 4.69) is 10.0 Å². The van der Waals surface area contributed by atoms with Crippen molar-refractivity contribution in [2.45, 2.75) is 4.21 Å². The molecule has 0 aliphatic rings. The Balaban J connectivity index is 1.72. The molecule has 0 unspecified atom stereocenters. The largest absolute Gasteiger partial charge is 0.355 e. The molecule has 0 spiro atoms. The van der Waals surface area contributed by atoms with Crippen molar-refractivity contribution in [3.8, 4) is 0 Å². The van der Waals surface area contributed by atoms with E-state index in [1.54, 1.807) is 53.9 Å². The molecule has 0 bridgehead atoms. The highest BCUT2D eigenvalue weighted by atomic mass is 35.5. The lowest BCUT2D eigenvalue weighted by atomic mass is 10.2. The molecule has 0 amide bonds. The maximum absolute atomic E-state index is 12.2. The fourth-order valence-corrected chi connectivity index (χ4v) is 4.33. The summed E-state index contributed by atoms with van der Waals surface area (Å²) in [5.74, 6) is 0. The van der Waals surface area contributed by atoms with Crippen LogP contribution in [0.1, 0.15) is 0 Å². The van der Waals surface area contributed by atoms with Crippen LogP contribution < -0.4 is 10.0 Å². The number of anilines is 3. The summed E-state index contributed by atoms with van der Waals surface area (Å²) in [6.07, 6.45) is 0. The normalized spacial score (nSPS) is 11.2. The standard InChI is InChI=1S/C16H12Cl2N2O2S2/c17-14-8-7-13(10-15(14)18)19-11-3-5-12(6-4-11)20-24(21,22)16-2-1-9-23-16/h1-10,19-20H. The SMILES string of the molecule is O=S(=O)(Nc1ccc(Nc2ccc(Cl)c(Cl)c2)cc1)c1cccs1. The average Bonchev–Trinajstić information content (AvgIpc) is 3.08. The summed E-state index contributed by atoms with van der Waals surface area (Å²) in [4.78, 5) is 0. The Morgan fingerprint density at radius 1 is 0.833 bits per heavy atom. The number of hydrogen-bond acceptors (Lipinski definition) is 4. The van der Waals surface area contributed by atoms with Gasteiger partial charge in [-0.25, -0.2) is 8.42 Å². The molecule has 1 heterocycles. The van der Waals surface area contributed by atoms with E-state index in [1.165, 1.54) is 11.3 Å². The first-order valence-electron chi connectivity index (χ1n) is 6.82. The Hall–Kier alpha value is -1.73. The highest BCUT2D eigenvalue weighted by Gasteiger charge is 2.14. The Bertz CT molecular complexity index is 941. The van der Waals surface area contributed by atoms with Gasteiger partial charge in [0.15, 0.2) is 0 Å². The minimum absolute atomic E-state index is 0.278. The van der Waals surface area contributed by atoms with Crippen molar-refractivity contribution < 1.29 is 8.42 Å². The molecule has 0 aliphatic carbocycles. The van der Waals surface area contributed by atoms with Crippen molar-refractivity contribution in [2.75, 3.05) is 10.0 Å². The van der Waals surface area contributed by atoms with Gasteiger partial charge in [-0.15, -0.1) is 11.3 Å². The van der Waals surface area contributed by atoms with Crippen molar-refractivity contribution in [3.05, 3.63) is 70.0 Å². The summed E-state index contributed by atoms with van der Waals surface area (Å²) in [6, 6.07) is 15.4. The molecule has 0 atom stereocenters. The van der Waals surface area contributed by atoms with E-state index in [9.17, 15) is 8.42 Å². The van der Waals surface area contributed by atoms with E-state index in [0.29, 0.717) is 15.7 Å². The van der Waals surface area contributed by atoms with Crippen LogP contribution in [0.4, 0.5) is 17.1 Å². The van der Waals surface area contributed by atoms with E-state index in [0.717, 1.165) is 11.4 Å². The summed E-state index contributed by atoms with van der Waals surface area (Å²) in [5, 5.41) is 5.84. The van der Waals surface area contributed by atoms with Gasteiger partial charge in [-0.05, 0) is 53.9 Å². The molecular formula is C16H12Cl2N2O2S2. The molecule has 1 aromatic heterocycles. The van der Waals surface area contributed by atoms with Crippen LogP contribution in [0, 0.1) is 0 Å². The molecule has 3 aromatic rings. The van der Waals surface area contributed by atoms with Crippen LogP contribution in [0.2, 0.25) is 10.0 Å². The lowest BCUT2D eigenvalue weighted by molar-refractivity contribution is 0.603. The molecule has 2 N–H and O–H groups in total. The topological polar surface area (TPSA) is 58.2 Å². The molecule has 4 nitrogen and oxygen atoms in total. The molecule has 2 aromatic carbocycles. The van der Waals surface area contributed by atoms with Crippen molar-refractivity contribution in [1.82, 2.24) is 0 Å². The van der Waals surface area contributed by atoms with Gasteiger partial charge in [0.05, 0.1) is 10.0 Å². The summed E-state index contributed by atoms with van der Waals surface area (Å²) < 4.78 is 27.2. The van der Waals surface area contributed by atoms with Crippen LogP contribution in [-0.2, 0) is 10.0 Å². The summed E-state index contributed by atoms with van der Waals surface area (Å²) in [7, 11) is -3.54. The summed E-state index contributed by atoms with van der Waals surface area (Å²) >= 11 is 13.0. The van der Waals surface area contributed by atoms with E-state index < -0.39 is 10.0 Å². The molecule has 0 saturated carbocycles. The second-order valence-electron chi connectivity index (χ2n) is 4.87. The Morgan fingerprint density at radius 2 is 1.50 bits per heavy atom. The first-order chi connectivity index (χ1) is 11.4. The zero-order valence-corrected chi connectivity index (χ0v) is 15.3. The number of benzene rings is 2. The Kier molecular flexibility index (Phi) is 5.01. The van der Waals surface area contributed by atoms with Crippen LogP contribution in [0.5, 0.6) is 0 Å². The zero-order valence-electron chi connectivity index (χ0n) is 12.2. The lowest BCUT2D eigenvalue weighted by Gasteiger charge is -2.10. The summed E-state index contributed by atoms with van der Waals surface area (Å²) in [5.41, 5.74) is 2.08.